The quantitative estimate of drug-likeness (QED) is 0.464. The van der Waals surface area contributed by atoms with E-state index in [1.807, 2.05) is 18.3 Å². The van der Waals surface area contributed by atoms with Gasteiger partial charge in [0, 0.05) is 55.5 Å². The Balaban J connectivity index is 1.20. The van der Waals surface area contributed by atoms with E-state index in [1.165, 1.54) is 16.5 Å². The molecule has 0 aliphatic carbocycles. The van der Waals surface area contributed by atoms with Crippen LogP contribution < -0.4 is 4.90 Å². The Morgan fingerprint density at radius 3 is 2.79 bits per heavy atom. The lowest BCUT2D eigenvalue weighted by atomic mass is 10.1. The first-order valence-electron chi connectivity index (χ1n) is 11.7. The molecule has 8 nitrogen and oxygen atoms in total. The van der Waals surface area contributed by atoms with Gasteiger partial charge in [0.2, 0.25) is 11.7 Å². The van der Waals surface area contributed by atoms with Crippen molar-refractivity contribution < 1.29 is 9.26 Å². The molecule has 8 heteroatoms. The van der Waals surface area contributed by atoms with Crippen LogP contribution in [0.5, 0.6) is 0 Å². The molecular weight excluding hydrogens is 416 g/mol. The van der Waals surface area contributed by atoms with E-state index < -0.39 is 0 Å². The molecule has 0 amide bonds. The van der Waals surface area contributed by atoms with Crippen molar-refractivity contribution in [3.05, 3.63) is 60.2 Å². The Labute approximate surface area is 192 Å². The first-order chi connectivity index (χ1) is 16.3. The largest absolute Gasteiger partial charge is 0.378 e. The smallest absolute Gasteiger partial charge is 0.244 e. The molecule has 170 valence electrons. The number of morpholine rings is 1. The molecular formula is C25H28N6O2. The van der Waals surface area contributed by atoms with Crippen molar-refractivity contribution in [3.8, 4) is 11.4 Å². The second kappa shape index (κ2) is 8.61. The van der Waals surface area contributed by atoms with E-state index in [1.54, 1.807) is 0 Å². The number of aryl methyl sites for hydroxylation is 1. The molecule has 0 radical (unpaired) electrons. The third-order valence-corrected chi connectivity index (χ3v) is 6.78. The molecule has 2 fully saturated rings. The van der Waals surface area contributed by atoms with E-state index in [2.05, 4.69) is 62.0 Å². The van der Waals surface area contributed by atoms with Gasteiger partial charge in [-0.05, 0) is 43.1 Å². The molecule has 6 rings (SSSR count). The maximum Gasteiger partial charge on any atom is 0.244 e. The second-order valence-electron chi connectivity index (χ2n) is 8.87. The van der Waals surface area contributed by atoms with Gasteiger partial charge >= 0.3 is 0 Å². The van der Waals surface area contributed by atoms with Crippen molar-refractivity contribution in [1.82, 2.24) is 24.6 Å². The highest BCUT2D eigenvalue weighted by atomic mass is 16.5. The summed E-state index contributed by atoms with van der Waals surface area (Å²) in [5.41, 5.74) is 3.47. The van der Waals surface area contributed by atoms with Crippen LogP contribution in [0.25, 0.3) is 22.3 Å². The average Bonchev–Trinajstić information content (AvgIpc) is 3.60. The van der Waals surface area contributed by atoms with Gasteiger partial charge in [0.15, 0.2) is 0 Å². The fraction of sp³-hybridized carbons (Fsp3) is 0.400. The minimum Gasteiger partial charge on any atom is -0.378 e. The number of fused-ring (bicyclic) bond motifs is 1. The zero-order valence-electron chi connectivity index (χ0n) is 18.9. The molecule has 1 aromatic carbocycles. The number of hydrogen-bond donors (Lipinski definition) is 0. The number of likely N-dealkylation sites (tertiary alicyclic amines) is 1. The van der Waals surface area contributed by atoms with Crippen molar-refractivity contribution in [3.63, 3.8) is 0 Å². The van der Waals surface area contributed by atoms with Crippen LogP contribution >= 0.6 is 0 Å². The summed E-state index contributed by atoms with van der Waals surface area (Å²) < 4.78 is 13.4. The zero-order chi connectivity index (χ0) is 22.2. The minimum atomic E-state index is 0.144. The molecule has 3 aromatic heterocycles. The van der Waals surface area contributed by atoms with Gasteiger partial charge in [0.1, 0.15) is 5.82 Å². The summed E-state index contributed by atoms with van der Waals surface area (Å²) >= 11 is 0. The van der Waals surface area contributed by atoms with Crippen LogP contribution in [-0.2, 0) is 18.3 Å². The van der Waals surface area contributed by atoms with Crippen molar-refractivity contribution in [2.45, 2.75) is 25.4 Å². The normalized spacial score (nSPS) is 19.5. The fourth-order valence-corrected chi connectivity index (χ4v) is 5.05. The van der Waals surface area contributed by atoms with Crippen LogP contribution in [-0.4, -0.2) is 57.4 Å². The van der Waals surface area contributed by atoms with E-state index in [9.17, 15) is 0 Å². The Morgan fingerprint density at radius 1 is 1.06 bits per heavy atom. The Hall–Kier alpha value is -3.23. The summed E-state index contributed by atoms with van der Waals surface area (Å²) in [4.78, 5) is 14.1. The molecule has 0 spiro atoms. The number of anilines is 1. The van der Waals surface area contributed by atoms with Gasteiger partial charge in [0.05, 0.1) is 19.3 Å². The fourth-order valence-electron chi connectivity index (χ4n) is 5.05. The van der Waals surface area contributed by atoms with Crippen LogP contribution in [0.1, 0.15) is 30.3 Å². The molecule has 33 heavy (non-hydrogen) atoms. The monoisotopic (exact) mass is 444 g/mol. The van der Waals surface area contributed by atoms with Crippen LogP contribution in [0, 0.1) is 0 Å². The minimum absolute atomic E-state index is 0.144. The number of pyridine rings is 1. The van der Waals surface area contributed by atoms with Crippen LogP contribution in [0.3, 0.4) is 0 Å². The molecule has 5 heterocycles. The van der Waals surface area contributed by atoms with Crippen molar-refractivity contribution >= 4 is 16.7 Å². The first kappa shape index (κ1) is 20.4. The van der Waals surface area contributed by atoms with Gasteiger partial charge in [-0.3, -0.25) is 4.90 Å². The number of hydrogen-bond acceptors (Lipinski definition) is 7. The molecule has 2 aliphatic rings. The lowest BCUT2D eigenvalue weighted by Crippen LogP contribution is -2.36. The highest BCUT2D eigenvalue weighted by molar-refractivity contribution is 5.83. The predicted octanol–water partition coefficient (Wildman–Crippen LogP) is 3.80. The molecule has 0 unspecified atom stereocenters. The predicted molar refractivity (Wildman–Crippen MR) is 126 cm³/mol. The Morgan fingerprint density at radius 2 is 1.94 bits per heavy atom. The van der Waals surface area contributed by atoms with Crippen molar-refractivity contribution in [2.24, 2.45) is 7.05 Å². The molecule has 0 N–H and O–H groups in total. The van der Waals surface area contributed by atoms with E-state index in [4.69, 9.17) is 14.2 Å². The van der Waals surface area contributed by atoms with Gasteiger partial charge in [-0.15, -0.1) is 0 Å². The molecule has 0 saturated carbocycles. The van der Waals surface area contributed by atoms with Crippen molar-refractivity contribution in [1.29, 1.82) is 0 Å². The van der Waals surface area contributed by atoms with Crippen LogP contribution in [0.15, 0.2) is 53.3 Å². The first-order valence-corrected chi connectivity index (χ1v) is 11.7. The van der Waals surface area contributed by atoms with Gasteiger partial charge in [-0.25, -0.2) is 4.98 Å². The molecule has 0 bridgehead atoms. The highest BCUT2D eigenvalue weighted by Gasteiger charge is 2.31. The summed E-state index contributed by atoms with van der Waals surface area (Å²) in [6, 6.07) is 12.8. The number of benzene rings is 1. The van der Waals surface area contributed by atoms with E-state index in [0.29, 0.717) is 11.7 Å². The summed E-state index contributed by atoms with van der Waals surface area (Å²) in [5.74, 6) is 2.26. The summed E-state index contributed by atoms with van der Waals surface area (Å²) in [7, 11) is 2.11. The second-order valence-corrected chi connectivity index (χ2v) is 8.87. The molecule has 1 atom stereocenters. The Kier molecular flexibility index (Phi) is 5.32. The highest BCUT2D eigenvalue weighted by Crippen LogP contribution is 2.34. The van der Waals surface area contributed by atoms with E-state index in [0.717, 1.165) is 63.6 Å². The number of rotatable bonds is 5. The van der Waals surface area contributed by atoms with Crippen LogP contribution in [0.2, 0.25) is 0 Å². The van der Waals surface area contributed by atoms with Gasteiger partial charge in [-0.2, -0.15) is 4.98 Å². The number of ether oxygens (including phenoxy) is 1. The number of para-hydroxylation sites is 1. The topological polar surface area (TPSA) is 72.5 Å². The van der Waals surface area contributed by atoms with Crippen molar-refractivity contribution in [2.75, 3.05) is 37.7 Å². The lowest BCUT2D eigenvalue weighted by Gasteiger charge is -2.27. The summed E-state index contributed by atoms with van der Waals surface area (Å²) in [5, 5.41) is 5.59. The molecule has 2 saturated heterocycles. The maximum atomic E-state index is 5.75. The van der Waals surface area contributed by atoms with Crippen LogP contribution in [0.4, 0.5) is 5.82 Å². The zero-order valence-corrected chi connectivity index (χ0v) is 18.9. The number of nitrogens with zero attached hydrogens (tertiary/aromatic N) is 6. The molecule has 4 aromatic rings. The van der Waals surface area contributed by atoms with E-state index >= 15 is 0 Å². The van der Waals surface area contributed by atoms with Gasteiger partial charge in [0.25, 0.3) is 0 Å². The van der Waals surface area contributed by atoms with E-state index in [-0.39, 0.29) is 6.04 Å². The summed E-state index contributed by atoms with van der Waals surface area (Å²) in [6.45, 7) is 5.13. The Bertz CT molecular complexity index is 1240. The molecule has 2 aliphatic heterocycles. The lowest BCUT2D eigenvalue weighted by molar-refractivity contribution is 0.122. The van der Waals surface area contributed by atoms with Gasteiger partial charge in [-0.1, -0.05) is 23.4 Å². The maximum absolute atomic E-state index is 5.75. The summed E-state index contributed by atoms with van der Waals surface area (Å²) in [6.07, 6.45) is 6.23. The third kappa shape index (κ3) is 3.89. The SMILES string of the molecule is Cn1cc(CN2CCC[C@H]2c2nc(-c3ccc(N4CCOCC4)nc3)no2)c2ccccc21. The van der Waals surface area contributed by atoms with Gasteiger partial charge < -0.3 is 18.7 Å². The standard InChI is InChI=1S/C25H28N6O2/c1-29-16-19(20-5-2-3-6-21(20)29)17-31-10-4-7-22(31)25-27-24(28-33-25)18-8-9-23(26-15-18)30-11-13-32-14-12-30/h2-3,5-6,8-9,15-16,22H,4,7,10-14,17H2,1H3/t22-/m0/s1. The average molecular weight is 445 g/mol. The third-order valence-electron chi connectivity index (χ3n) is 6.78. The number of aromatic nitrogens is 4.